The molecule has 0 aliphatic rings. The number of nitrogens with one attached hydrogen (secondary N) is 1. The van der Waals surface area contributed by atoms with E-state index in [0.717, 1.165) is 17.7 Å². The van der Waals surface area contributed by atoms with Crippen molar-refractivity contribution in [1.29, 1.82) is 0 Å². The topological polar surface area (TPSA) is 29.1 Å². The van der Waals surface area contributed by atoms with E-state index in [4.69, 9.17) is 11.6 Å². The molecule has 1 amide bonds. The Morgan fingerprint density at radius 2 is 1.75 bits per heavy atom. The van der Waals surface area contributed by atoms with Crippen molar-refractivity contribution >= 4 is 17.5 Å². The lowest BCUT2D eigenvalue weighted by Crippen LogP contribution is -2.27. The molecule has 1 atom stereocenters. The molecule has 0 unspecified atom stereocenters. The van der Waals surface area contributed by atoms with Gasteiger partial charge in [0.1, 0.15) is 0 Å². The van der Waals surface area contributed by atoms with E-state index >= 15 is 0 Å². The Labute approximate surface area is 120 Å². The number of carbonyl (C=O) groups is 1. The first-order valence-corrected chi connectivity index (χ1v) is 6.37. The van der Waals surface area contributed by atoms with Crippen molar-refractivity contribution < 1.29 is 13.6 Å². The van der Waals surface area contributed by atoms with Gasteiger partial charge in [0.2, 0.25) is 0 Å². The largest absolute Gasteiger partial charge is 0.345 e. The molecule has 0 aliphatic carbocycles. The zero-order valence-electron chi connectivity index (χ0n) is 10.7. The van der Waals surface area contributed by atoms with E-state index in [1.807, 2.05) is 30.3 Å². The van der Waals surface area contributed by atoms with Crippen molar-refractivity contribution in [2.24, 2.45) is 0 Å². The molecule has 0 fully saturated rings. The van der Waals surface area contributed by atoms with Gasteiger partial charge in [-0.2, -0.15) is 0 Å². The minimum Gasteiger partial charge on any atom is -0.345 e. The summed E-state index contributed by atoms with van der Waals surface area (Å²) in [5, 5.41) is 2.56. The molecule has 2 rings (SSSR count). The summed E-state index contributed by atoms with van der Waals surface area (Å²) >= 11 is 5.76. The maximum absolute atomic E-state index is 13.2. The Bertz CT molecular complexity index is 631. The summed E-state index contributed by atoms with van der Waals surface area (Å²) in [6.45, 7) is 1.79. The fraction of sp³-hybridized carbons (Fsp3) is 0.133. The number of halogens is 3. The molecule has 2 nitrogen and oxygen atoms in total. The summed E-state index contributed by atoms with van der Waals surface area (Å²) in [5.74, 6) is -2.74. The molecular formula is C15H12ClF2NO. The summed E-state index contributed by atoms with van der Waals surface area (Å²) in [7, 11) is 0. The van der Waals surface area contributed by atoms with Gasteiger partial charge in [-0.25, -0.2) is 8.78 Å². The van der Waals surface area contributed by atoms with Crippen LogP contribution in [0.25, 0.3) is 0 Å². The highest BCUT2D eigenvalue weighted by Crippen LogP contribution is 2.21. The molecule has 0 heterocycles. The SMILES string of the molecule is C[C@@H](NC(=O)c1cc(F)c(F)cc1Cl)c1ccccc1. The van der Waals surface area contributed by atoms with Gasteiger partial charge in [0.05, 0.1) is 16.6 Å². The number of rotatable bonds is 3. The number of carbonyl (C=O) groups excluding carboxylic acids is 1. The smallest absolute Gasteiger partial charge is 0.253 e. The fourth-order valence-corrected chi connectivity index (χ4v) is 2.03. The molecule has 2 aromatic rings. The van der Waals surface area contributed by atoms with Gasteiger partial charge in [-0.05, 0) is 24.6 Å². The Morgan fingerprint density at radius 3 is 2.40 bits per heavy atom. The maximum atomic E-state index is 13.2. The van der Waals surface area contributed by atoms with Crippen LogP contribution in [0.3, 0.4) is 0 Å². The van der Waals surface area contributed by atoms with E-state index < -0.39 is 17.5 Å². The van der Waals surface area contributed by atoms with Crippen LogP contribution >= 0.6 is 11.6 Å². The first-order chi connectivity index (χ1) is 9.49. The van der Waals surface area contributed by atoms with Gasteiger partial charge in [-0.1, -0.05) is 41.9 Å². The van der Waals surface area contributed by atoms with E-state index in [0.29, 0.717) is 0 Å². The van der Waals surface area contributed by atoms with Gasteiger partial charge in [-0.15, -0.1) is 0 Å². The van der Waals surface area contributed by atoms with Crippen LogP contribution in [0.2, 0.25) is 5.02 Å². The summed E-state index contributed by atoms with van der Waals surface area (Å²) in [4.78, 5) is 12.0. The maximum Gasteiger partial charge on any atom is 0.253 e. The normalized spacial score (nSPS) is 12.0. The number of benzene rings is 2. The van der Waals surface area contributed by atoms with E-state index in [1.54, 1.807) is 6.92 Å². The molecule has 0 radical (unpaired) electrons. The summed E-state index contributed by atoms with van der Waals surface area (Å²) in [6.07, 6.45) is 0. The Morgan fingerprint density at radius 1 is 1.15 bits per heavy atom. The van der Waals surface area contributed by atoms with Gasteiger partial charge in [0.25, 0.3) is 5.91 Å². The third kappa shape index (κ3) is 3.14. The van der Waals surface area contributed by atoms with Crippen molar-refractivity contribution in [2.45, 2.75) is 13.0 Å². The van der Waals surface area contributed by atoms with Gasteiger partial charge < -0.3 is 5.32 Å². The van der Waals surface area contributed by atoms with Crippen LogP contribution < -0.4 is 5.32 Å². The minimum absolute atomic E-state index is 0.0895. The summed E-state index contributed by atoms with van der Waals surface area (Å²) in [6, 6.07) is 10.6. The van der Waals surface area contributed by atoms with Crippen LogP contribution in [0, 0.1) is 11.6 Å². The highest BCUT2D eigenvalue weighted by atomic mass is 35.5. The van der Waals surface area contributed by atoms with Crippen molar-refractivity contribution in [3.63, 3.8) is 0 Å². The van der Waals surface area contributed by atoms with Gasteiger partial charge in [0, 0.05) is 0 Å². The number of hydrogen-bond donors (Lipinski definition) is 1. The van der Waals surface area contributed by atoms with E-state index in [-0.39, 0.29) is 16.6 Å². The summed E-state index contributed by atoms with van der Waals surface area (Å²) < 4.78 is 26.1. The van der Waals surface area contributed by atoms with E-state index in [2.05, 4.69) is 5.32 Å². The highest BCUT2D eigenvalue weighted by molar-refractivity contribution is 6.33. The standard InChI is InChI=1S/C15H12ClF2NO/c1-9(10-5-3-2-4-6-10)19-15(20)11-7-13(17)14(18)8-12(11)16/h2-9H,1H3,(H,19,20)/t9-/m1/s1. The molecule has 0 aromatic heterocycles. The molecule has 2 aromatic carbocycles. The first kappa shape index (κ1) is 14.5. The third-order valence-electron chi connectivity index (χ3n) is 2.90. The monoisotopic (exact) mass is 295 g/mol. The molecule has 0 aliphatic heterocycles. The second-order valence-electron chi connectivity index (χ2n) is 4.35. The Balaban J connectivity index is 2.19. The fourth-order valence-electron chi connectivity index (χ4n) is 1.80. The van der Waals surface area contributed by atoms with Gasteiger partial charge in [-0.3, -0.25) is 4.79 Å². The highest BCUT2D eigenvalue weighted by Gasteiger charge is 2.17. The van der Waals surface area contributed by atoms with Gasteiger partial charge in [0.15, 0.2) is 11.6 Å². The number of amides is 1. The van der Waals surface area contributed by atoms with Crippen molar-refractivity contribution in [3.8, 4) is 0 Å². The zero-order chi connectivity index (χ0) is 14.7. The molecule has 104 valence electrons. The predicted molar refractivity (Wildman–Crippen MR) is 73.7 cm³/mol. The van der Waals surface area contributed by atoms with Crippen LogP contribution in [0.1, 0.15) is 28.9 Å². The molecule has 0 spiro atoms. The van der Waals surface area contributed by atoms with Crippen LogP contribution in [-0.2, 0) is 0 Å². The summed E-state index contributed by atoms with van der Waals surface area (Å²) in [5.41, 5.74) is 0.813. The zero-order valence-corrected chi connectivity index (χ0v) is 11.4. The second-order valence-corrected chi connectivity index (χ2v) is 4.76. The van der Waals surface area contributed by atoms with Crippen molar-refractivity contribution in [3.05, 3.63) is 70.2 Å². The van der Waals surface area contributed by atoms with Crippen LogP contribution in [0.4, 0.5) is 8.78 Å². The molecule has 0 saturated heterocycles. The van der Waals surface area contributed by atoms with Crippen LogP contribution in [-0.4, -0.2) is 5.91 Å². The Hall–Kier alpha value is -1.94. The molecule has 5 heteroatoms. The quantitative estimate of drug-likeness (QED) is 0.848. The molecular weight excluding hydrogens is 284 g/mol. The van der Waals surface area contributed by atoms with Crippen molar-refractivity contribution in [1.82, 2.24) is 5.32 Å². The van der Waals surface area contributed by atoms with Crippen molar-refractivity contribution in [2.75, 3.05) is 0 Å². The van der Waals surface area contributed by atoms with E-state index in [9.17, 15) is 13.6 Å². The average Bonchev–Trinajstić information content (AvgIpc) is 2.43. The third-order valence-corrected chi connectivity index (χ3v) is 3.21. The lowest BCUT2D eigenvalue weighted by atomic mass is 10.1. The lowest BCUT2D eigenvalue weighted by molar-refractivity contribution is 0.0939. The molecule has 1 N–H and O–H groups in total. The molecule has 20 heavy (non-hydrogen) atoms. The van der Waals surface area contributed by atoms with Crippen LogP contribution in [0.15, 0.2) is 42.5 Å². The minimum atomic E-state index is -1.10. The van der Waals surface area contributed by atoms with Crippen LogP contribution in [0.5, 0.6) is 0 Å². The molecule has 0 bridgehead atoms. The van der Waals surface area contributed by atoms with Gasteiger partial charge >= 0.3 is 0 Å². The molecule has 0 saturated carbocycles. The first-order valence-electron chi connectivity index (χ1n) is 5.99. The van der Waals surface area contributed by atoms with E-state index in [1.165, 1.54) is 0 Å². The Kier molecular flexibility index (Phi) is 4.35. The second kappa shape index (κ2) is 6.01. The average molecular weight is 296 g/mol. The number of hydrogen-bond acceptors (Lipinski definition) is 1. The predicted octanol–water partition coefficient (Wildman–Crippen LogP) is 4.11. The lowest BCUT2D eigenvalue weighted by Gasteiger charge is -2.15.